The molecule has 1 N–H and O–H groups in total. The van der Waals surface area contributed by atoms with Crippen molar-refractivity contribution in [2.45, 2.75) is 6.42 Å². The molecule has 0 radical (unpaired) electrons. The minimum Gasteiger partial charge on any atom is -0.493 e. The molecular formula is C15H24N2O2. The Hall–Kier alpha value is -1.26. The van der Waals surface area contributed by atoms with Gasteiger partial charge in [-0.3, -0.25) is 4.90 Å². The van der Waals surface area contributed by atoms with Gasteiger partial charge in [0.05, 0.1) is 7.11 Å². The summed E-state index contributed by atoms with van der Waals surface area (Å²) in [6.07, 6.45) is 1.29. The fraction of sp³-hybridized carbons (Fsp3) is 0.600. The van der Waals surface area contributed by atoms with Crippen molar-refractivity contribution in [1.29, 1.82) is 0 Å². The molecule has 1 fully saturated rings. The number of hydrogen-bond donors (Lipinski definition) is 1. The highest BCUT2D eigenvalue weighted by molar-refractivity contribution is 5.39. The zero-order chi connectivity index (χ0) is 13.5. The van der Waals surface area contributed by atoms with Crippen molar-refractivity contribution >= 4 is 0 Å². The maximum absolute atomic E-state index is 5.80. The predicted octanol–water partition coefficient (Wildman–Crippen LogP) is 1.62. The monoisotopic (exact) mass is 264 g/mol. The van der Waals surface area contributed by atoms with Crippen molar-refractivity contribution in [3.05, 3.63) is 24.3 Å². The predicted molar refractivity (Wildman–Crippen MR) is 77.0 cm³/mol. The minimum absolute atomic E-state index is 0.715. The zero-order valence-electron chi connectivity index (χ0n) is 11.9. The van der Waals surface area contributed by atoms with Gasteiger partial charge in [0.2, 0.25) is 0 Å². The zero-order valence-corrected chi connectivity index (χ0v) is 11.9. The van der Waals surface area contributed by atoms with Gasteiger partial charge in [0.15, 0.2) is 11.5 Å². The first kappa shape index (κ1) is 14.2. The van der Waals surface area contributed by atoms with Crippen molar-refractivity contribution in [2.75, 3.05) is 46.9 Å². The molecule has 1 atom stereocenters. The van der Waals surface area contributed by atoms with E-state index in [2.05, 4.69) is 10.2 Å². The molecule has 0 spiro atoms. The molecule has 0 bridgehead atoms. The average molecular weight is 264 g/mol. The lowest BCUT2D eigenvalue weighted by molar-refractivity contribution is 0.226. The van der Waals surface area contributed by atoms with Crippen LogP contribution < -0.4 is 14.8 Å². The standard InChI is InChI=1S/C15H24N2O2/c1-16-11-13-7-8-17(12-13)9-10-19-15-6-4-3-5-14(15)18-2/h3-6,13,16H,7-12H2,1-2H3. The van der Waals surface area contributed by atoms with Gasteiger partial charge in [-0.15, -0.1) is 0 Å². The molecule has 106 valence electrons. The average Bonchev–Trinajstić information content (AvgIpc) is 2.87. The Balaban J connectivity index is 1.72. The van der Waals surface area contributed by atoms with Gasteiger partial charge < -0.3 is 14.8 Å². The summed E-state index contributed by atoms with van der Waals surface area (Å²) in [6.45, 7) is 5.17. The van der Waals surface area contributed by atoms with E-state index >= 15 is 0 Å². The number of benzene rings is 1. The number of nitrogens with zero attached hydrogens (tertiary/aromatic N) is 1. The van der Waals surface area contributed by atoms with E-state index in [0.29, 0.717) is 6.61 Å². The third-order valence-electron chi connectivity index (χ3n) is 3.60. The molecule has 0 aromatic heterocycles. The smallest absolute Gasteiger partial charge is 0.161 e. The van der Waals surface area contributed by atoms with Crippen molar-refractivity contribution < 1.29 is 9.47 Å². The van der Waals surface area contributed by atoms with Crippen LogP contribution in [0.5, 0.6) is 11.5 Å². The molecule has 4 nitrogen and oxygen atoms in total. The largest absolute Gasteiger partial charge is 0.493 e. The van der Waals surface area contributed by atoms with Gasteiger partial charge in [0.25, 0.3) is 0 Å². The van der Waals surface area contributed by atoms with E-state index in [9.17, 15) is 0 Å². The molecule has 2 rings (SSSR count). The highest BCUT2D eigenvalue weighted by atomic mass is 16.5. The number of likely N-dealkylation sites (tertiary alicyclic amines) is 1. The molecule has 19 heavy (non-hydrogen) atoms. The molecule has 1 aromatic rings. The van der Waals surface area contributed by atoms with Crippen LogP contribution >= 0.6 is 0 Å². The van der Waals surface area contributed by atoms with E-state index in [4.69, 9.17) is 9.47 Å². The molecule has 1 unspecified atom stereocenters. The van der Waals surface area contributed by atoms with Crippen molar-refractivity contribution in [3.8, 4) is 11.5 Å². The second-order valence-electron chi connectivity index (χ2n) is 5.01. The Kier molecular flexibility index (Phi) is 5.48. The second-order valence-corrected chi connectivity index (χ2v) is 5.01. The number of ether oxygens (including phenoxy) is 2. The van der Waals surface area contributed by atoms with Crippen LogP contribution in [0.3, 0.4) is 0 Å². The fourth-order valence-corrected chi connectivity index (χ4v) is 2.59. The van der Waals surface area contributed by atoms with Gasteiger partial charge in [-0.25, -0.2) is 0 Å². The molecule has 1 aliphatic rings. The molecule has 0 saturated carbocycles. The Labute approximate surface area is 115 Å². The van der Waals surface area contributed by atoms with Gasteiger partial charge in [-0.2, -0.15) is 0 Å². The highest BCUT2D eigenvalue weighted by Crippen LogP contribution is 2.25. The van der Waals surface area contributed by atoms with Crippen molar-refractivity contribution in [1.82, 2.24) is 10.2 Å². The summed E-state index contributed by atoms with van der Waals surface area (Å²) in [7, 11) is 3.69. The second kappa shape index (κ2) is 7.36. The lowest BCUT2D eigenvalue weighted by atomic mass is 10.1. The lowest BCUT2D eigenvalue weighted by Crippen LogP contribution is -2.28. The Morgan fingerprint density at radius 2 is 2.11 bits per heavy atom. The Morgan fingerprint density at radius 3 is 2.84 bits per heavy atom. The molecular weight excluding hydrogens is 240 g/mol. The molecule has 1 heterocycles. The Morgan fingerprint density at radius 1 is 1.32 bits per heavy atom. The van der Waals surface area contributed by atoms with Gasteiger partial charge >= 0.3 is 0 Å². The molecule has 1 aliphatic heterocycles. The van der Waals surface area contributed by atoms with Crippen LogP contribution in [-0.4, -0.2) is 51.8 Å². The van der Waals surface area contributed by atoms with E-state index in [1.807, 2.05) is 31.3 Å². The third kappa shape index (κ3) is 4.11. The summed E-state index contributed by atoms with van der Waals surface area (Å²) in [6, 6.07) is 7.80. The van der Waals surface area contributed by atoms with Crippen LogP contribution in [0.1, 0.15) is 6.42 Å². The van der Waals surface area contributed by atoms with Gasteiger partial charge in [-0.1, -0.05) is 12.1 Å². The number of methoxy groups -OCH3 is 1. The van der Waals surface area contributed by atoms with E-state index in [1.54, 1.807) is 7.11 Å². The van der Waals surface area contributed by atoms with Gasteiger partial charge in [0, 0.05) is 13.1 Å². The van der Waals surface area contributed by atoms with Crippen molar-refractivity contribution in [3.63, 3.8) is 0 Å². The first-order valence-electron chi connectivity index (χ1n) is 6.96. The van der Waals surface area contributed by atoms with E-state index < -0.39 is 0 Å². The Bertz CT molecular complexity index is 384. The van der Waals surface area contributed by atoms with E-state index in [0.717, 1.165) is 30.5 Å². The quantitative estimate of drug-likeness (QED) is 0.811. The first-order chi connectivity index (χ1) is 9.33. The van der Waals surface area contributed by atoms with E-state index in [1.165, 1.54) is 19.5 Å². The highest BCUT2D eigenvalue weighted by Gasteiger charge is 2.21. The summed E-state index contributed by atoms with van der Waals surface area (Å²) in [5.74, 6) is 2.42. The maximum Gasteiger partial charge on any atom is 0.161 e. The van der Waals surface area contributed by atoms with Gasteiger partial charge in [0.1, 0.15) is 6.61 Å². The van der Waals surface area contributed by atoms with Crippen LogP contribution in [0.2, 0.25) is 0 Å². The number of hydrogen-bond acceptors (Lipinski definition) is 4. The topological polar surface area (TPSA) is 33.7 Å². The first-order valence-corrected chi connectivity index (χ1v) is 6.96. The molecule has 0 aliphatic carbocycles. The summed E-state index contributed by atoms with van der Waals surface area (Å²) in [5, 5.41) is 3.25. The lowest BCUT2D eigenvalue weighted by Gasteiger charge is -2.17. The minimum atomic E-state index is 0.715. The summed E-state index contributed by atoms with van der Waals surface area (Å²) < 4.78 is 11.1. The fourth-order valence-electron chi connectivity index (χ4n) is 2.59. The number of rotatable bonds is 7. The molecule has 4 heteroatoms. The third-order valence-corrected chi connectivity index (χ3v) is 3.60. The van der Waals surface area contributed by atoms with Crippen LogP contribution in [0, 0.1) is 5.92 Å². The van der Waals surface area contributed by atoms with Crippen LogP contribution in [-0.2, 0) is 0 Å². The molecule has 1 saturated heterocycles. The molecule has 1 aromatic carbocycles. The van der Waals surface area contributed by atoms with Crippen molar-refractivity contribution in [2.24, 2.45) is 5.92 Å². The van der Waals surface area contributed by atoms with E-state index in [-0.39, 0.29) is 0 Å². The van der Waals surface area contributed by atoms with Gasteiger partial charge in [-0.05, 0) is 44.6 Å². The van der Waals surface area contributed by atoms with Crippen LogP contribution in [0.25, 0.3) is 0 Å². The SMILES string of the molecule is CNCC1CCN(CCOc2ccccc2OC)C1. The normalized spacial score (nSPS) is 19.6. The number of nitrogens with one attached hydrogen (secondary N) is 1. The van der Waals surface area contributed by atoms with Crippen LogP contribution in [0.4, 0.5) is 0 Å². The van der Waals surface area contributed by atoms with Crippen LogP contribution in [0.15, 0.2) is 24.3 Å². The summed E-state index contributed by atoms with van der Waals surface area (Å²) >= 11 is 0. The summed E-state index contributed by atoms with van der Waals surface area (Å²) in [4.78, 5) is 2.47. The maximum atomic E-state index is 5.80. The number of para-hydroxylation sites is 2. The summed E-state index contributed by atoms with van der Waals surface area (Å²) in [5.41, 5.74) is 0. The molecule has 0 amide bonds.